The summed E-state index contributed by atoms with van der Waals surface area (Å²) in [6, 6.07) is 16.4. The van der Waals surface area contributed by atoms with E-state index in [2.05, 4.69) is 20.5 Å². The number of fused-ring (bicyclic) bond motifs is 1. The van der Waals surface area contributed by atoms with E-state index in [1.54, 1.807) is 42.7 Å². The summed E-state index contributed by atoms with van der Waals surface area (Å²) in [5, 5.41) is 12.7. The zero-order valence-corrected chi connectivity index (χ0v) is 18.1. The van der Waals surface area contributed by atoms with Crippen molar-refractivity contribution in [2.75, 3.05) is 17.9 Å². The van der Waals surface area contributed by atoms with Gasteiger partial charge in [0.25, 0.3) is 0 Å². The van der Waals surface area contributed by atoms with Crippen LogP contribution in [0.4, 0.5) is 5.69 Å². The third-order valence-electron chi connectivity index (χ3n) is 4.63. The van der Waals surface area contributed by atoms with Crippen molar-refractivity contribution in [1.82, 2.24) is 19.7 Å². The summed E-state index contributed by atoms with van der Waals surface area (Å²) in [4.78, 5) is 16.7. The van der Waals surface area contributed by atoms with E-state index < -0.39 is 0 Å². The number of nitrogens with zero attached hydrogens (tertiary/aromatic N) is 4. The number of pyridine rings is 1. The van der Waals surface area contributed by atoms with E-state index in [1.807, 2.05) is 28.8 Å². The third kappa shape index (κ3) is 4.25. The molecular formula is C22H16ClN5O3S. The molecule has 0 radical (unpaired) electrons. The van der Waals surface area contributed by atoms with E-state index in [-0.39, 0.29) is 18.5 Å². The van der Waals surface area contributed by atoms with Crippen molar-refractivity contribution in [1.29, 1.82) is 0 Å². The molecular weight excluding hydrogens is 450 g/mol. The van der Waals surface area contributed by atoms with E-state index in [1.165, 1.54) is 11.8 Å². The molecule has 0 saturated heterocycles. The minimum absolute atomic E-state index is 0.146. The molecule has 0 fully saturated rings. The number of ether oxygens (including phenoxy) is 2. The molecule has 2 aromatic heterocycles. The molecule has 4 aromatic rings. The second-order valence-corrected chi connectivity index (χ2v) is 8.14. The minimum Gasteiger partial charge on any atom is -0.454 e. The number of anilines is 1. The number of carbonyl (C=O) groups is 1. The van der Waals surface area contributed by atoms with Gasteiger partial charge in [0.15, 0.2) is 22.5 Å². The van der Waals surface area contributed by atoms with Gasteiger partial charge in [0.05, 0.1) is 5.75 Å². The molecule has 1 N–H and O–H groups in total. The average molecular weight is 466 g/mol. The highest BCUT2D eigenvalue weighted by molar-refractivity contribution is 7.99. The van der Waals surface area contributed by atoms with Crippen LogP contribution in [0.3, 0.4) is 0 Å². The molecule has 0 spiro atoms. The lowest BCUT2D eigenvalue weighted by Crippen LogP contribution is -2.14. The van der Waals surface area contributed by atoms with Crippen LogP contribution < -0.4 is 14.8 Å². The zero-order valence-electron chi connectivity index (χ0n) is 16.6. The molecule has 8 nitrogen and oxygen atoms in total. The maximum atomic E-state index is 12.6. The van der Waals surface area contributed by atoms with Gasteiger partial charge in [-0.15, -0.1) is 10.2 Å². The van der Waals surface area contributed by atoms with E-state index >= 15 is 0 Å². The van der Waals surface area contributed by atoms with E-state index in [0.29, 0.717) is 33.2 Å². The van der Waals surface area contributed by atoms with Gasteiger partial charge in [-0.1, -0.05) is 23.4 Å². The standard InChI is InChI=1S/C22H16ClN5O3S/c23-15-3-6-17(7-4-15)28-21(14-2-1-9-24-11-14)26-27-22(28)32-12-20(29)25-16-5-8-18-19(10-16)31-13-30-18/h1-11H,12-13H2,(H,25,29). The van der Waals surface area contributed by atoms with Crippen molar-refractivity contribution in [3.63, 3.8) is 0 Å². The van der Waals surface area contributed by atoms with Crippen LogP contribution in [0.15, 0.2) is 72.1 Å². The van der Waals surface area contributed by atoms with Gasteiger partial charge in [0, 0.05) is 40.4 Å². The molecule has 3 heterocycles. The van der Waals surface area contributed by atoms with Gasteiger partial charge in [-0.2, -0.15) is 0 Å². The first kappa shape index (κ1) is 20.3. The summed E-state index contributed by atoms with van der Waals surface area (Å²) in [5.41, 5.74) is 2.28. The summed E-state index contributed by atoms with van der Waals surface area (Å²) >= 11 is 7.34. The molecule has 2 aromatic carbocycles. The first-order valence-corrected chi connectivity index (χ1v) is 11.0. The van der Waals surface area contributed by atoms with Gasteiger partial charge in [-0.3, -0.25) is 14.3 Å². The number of halogens is 1. The van der Waals surface area contributed by atoms with Gasteiger partial charge in [-0.25, -0.2) is 0 Å². The highest BCUT2D eigenvalue weighted by Crippen LogP contribution is 2.34. The molecule has 32 heavy (non-hydrogen) atoms. The summed E-state index contributed by atoms with van der Waals surface area (Å²) in [7, 11) is 0. The van der Waals surface area contributed by atoms with Crippen molar-refractivity contribution in [2.45, 2.75) is 5.16 Å². The van der Waals surface area contributed by atoms with Gasteiger partial charge in [0.2, 0.25) is 12.7 Å². The molecule has 160 valence electrons. The average Bonchev–Trinajstić information content (AvgIpc) is 3.45. The lowest BCUT2D eigenvalue weighted by atomic mass is 10.2. The van der Waals surface area contributed by atoms with Crippen LogP contribution in [-0.2, 0) is 4.79 Å². The lowest BCUT2D eigenvalue weighted by Gasteiger charge is -2.10. The molecule has 0 saturated carbocycles. The summed E-state index contributed by atoms with van der Waals surface area (Å²) in [6.45, 7) is 0.183. The van der Waals surface area contributed by atoms with Crippen LogP contribution in [0.5, 0.6) is 11.5 Å². The van der Waals surface area contributed by atoms with Crippen LogP contribution in [-0.4, -0.2) is 38.2 Å². The number of hydrogen-bond donors (Lipinski definition) is 1. The lowest BCUT2D eigenvalue weighted by molar-refractivity contribution is -0.113. The molecule has 1 amide bonds. The number of aromatic nitrogens is 4. The van der Waals surface area contributed by atoms with Crippen molar-refractivity contribution in [3.05, 3.63) is 72.0 Å². The van der Waals surface area contributed by atoms with Crippen molar-refractivity contribution in [3.8, 4) is 28.6 Å². The molecule has 0 bridgehead atoms. The second-order valence-electron chi connectivity index (χ2n) is 6.76. The predicted octanol–water partition coefficient (Wildman–Crippen LogP) is 4.44. The van der Waals surface area contributed by atoms with Gasteiger partial charge >= 0.3 is 0 Å². The first-order valence-electron chi connectivity index (χ1n) is 9.61. The SMILES string of the molecule is O=C(CSc1nnc(-c2cccnc2)n1-c1ccc(Cl)cc1)Nc1ccc2c(c1)OCO2. The number of nitrogens with one attached hydrogen (secondary N) is 1. The normalized spacial score (nSPS) is 12.0. The molecule has 0 aliphatic carbocycles. The minimum atomic E-state index is -0.178. The summed E-state index contributed by atoms with van der Waals surface area (Å²) in [6.07, 6.45) is 3.42. The zero-order chi connectivity index (χ0) is 21.9. The van der Waals surface area contributed by atoms with E-state index in [9.17, 15) is 4.79 Å². The fraction of sp³-hybridized carbons (Fsp3) is 0.0909. The van der Waals surface area contributed by atoms with Crippen molar-refractivity contribution < 1.29 is 14.3 Å². The first-order chi connectivity index (χ1) is 15.7. The maximum Gasteiger partial charge on any atom is 0.234 e. The van der Waals surface area contributed by atoms with Crippen molar-refractivity contribution in [2.24, 2.45) is 0 Å². The van der Waals surface area contributed by atoms with Gasteiger partial charge in [0.1, 0.15) is 0 Å². The number of hydrogen-bond acceptors (Lipinski definition) is 7. The monoisotopic (exact) mass is 465 g/mol. The Morgan fingerprint density at radius 2 is 1.94 bits per heavy atom. The van der Waals surface area contributed by atoms with Gasteiger partial charge < -0.3 is 14.8 Å². The highest BCUT2D eigenvalue weighted by atomic mass is 35.5. The number of rotatable bonds is 6. The van der Waals surface area contributed by atoms with E-state index in [0.717, 1.165) is 11.3 Å². The molecule has 5 rings (SSSR count). The van der Waals surface area contributed by atoms with Crippen molar-refractivity contribution >= 4 is 35.0 Å². The highest BCUT2D eigenvalue weighted by Gasteiger charge is 2.18. The van der Waals surface area contributed by atoms with Crippen LogP contribution in [0.2, 0.25) is 5.02 Å². The van der Waals surface area contributed by atoms with Crippen LogP contribution in [0.25, 0.3) is 17.1 Å². The summed E-state index contributed by atoms with van der Waals surface area (Å²) in [5.74, 6) is 1.87. The Kier molecular flexibility index (Phi) is 5.66. The fourth-order valence-corrected chi connectivity index (χ4v) is 4.05. The summed E-state index contributed by atoms with van der Waals surface area (Å²) < 4.78 is 12.5. The number of thioether (sulfide) groups is 1. The molecule has 1 aliphatic heterocycles. The Labute approximate surface area is 192 Å². The molecule has 10 heteroatoms. The quantitative estimate of drug-likeness (QED) is 0.421. The van der Waals surface area contributed by atoms with Crippen LogP contribution in [0, 0.1) is 0 Å². The topological polar surface area (TPSA) is 91.2 Å². The number of benzene rings is 2. The third-order valence-corrected chi connectivity index (χ3v) is 5.81. The number of carbonyl (C=O) groups excluding carboxylic acids is 1. The van der Waals surface area contributed by atoms with Crippen LogP contribution >= 0.6 is 23.4 Å². The molecule has 0 atom stereocenters. The van der Waals surface area contributed by atoms with Gasteiger partial charge in [-0.05, 0) is 48.5 Å². The number of amides is 1. The van der Waals surface area contributed by atoms with E-state index in [4.69, 9.17) is 21.1 Å². The smallest absolute Gasteiger partial charge is 0.234 e. The second kappa shape index (κ2) is 8.89. The molecule has 1 aliphatic rings. The predicted molar refractivity (Wildman–Crippen MR) is 122 cm³/mol. The fourth-order valence-electron chi connectivity index (χ4n) is 3.17. The Hall–Kier alpha value is -3.56. The Bertz CT molecular complexity index is 1260. The Morgan fingerprint density at radius 3 is 2.75 bits per heavy atom. The Balaban J connectivity index is 1.37. The van der Waals surface area contributed by atoms with Crippen LogP contribution in [0.1, 0.15) is 0 Å². The largest absolute Gasteiger partial charge is 0.454 e. The Morgan fingerprint density at radius 1 is 1.09 bits per heavy atom. The molecule has 0 unspecified atom stereocenters. The maximum absolute atomic E-state index is 12.6.